The van der Waals surface area contributed by atoms with Gasteiger partial charge in [-0.2, -0.15) is 0 Å². The molecular formula is C23H18N4O4S. The summed E-state index contributed by atoms with van der Waals surface area (Å²) < 4.78 is 7.26. The lowest BCUT2D eigenvalue weighted by Crippen LogP contribution is -2.67. The molecular weight excluding hydrogens is 428 g/mol. The second-order valence-electron chi connectivity index (χ2n) is 7.62. The molecule has 1 N–H and O–H groups in total. The normalized spacial score (nSPS) is 19.3. The van der Waals surface area contributed by atoms with Crippen LogP contribution in [-0.2, 0) is 4.74 Å². The molecule has 160 valence electrons. The van der Waals surface area contributed by atoms with E-state index in [1.807, 2.05) is 53.5 Å². The molecule has 1 fully saturated rings. The van der Waals surface area contributed by atoms with E-state index >= 15 is 0 Å². The van der Waals surface area contributed by atoms with E-state index in [0.717, 1.165) is 21.0 Å². The number of hydrogen-bond donors (Lipinski definition) is 1. The summed E-state index contributed by atoms with van der Waals surface area (Å²) in [7, 11) is 0. The molecule has 1 saturated heterocycles. The maximum Gasteiger partial charge on any atom is 0.278 e. The fourth-order valence-corrected chi connectivity index (χ4v) is 5.31. The van der Waals surface area contributed by atoms with Gasteiger partial charge in [0, 0.05) is 34.2 Å². The zero-order valence-corrected chi connectivity index (χ0v) is 17.7. The van der Waals surface area contributed by atoms with Gasteiger partial charge in [-0.15, -0.1) is 0 Å². The highest BCUT2D eigenvalue weighted by atomic mass is 32.2. The predicted molar refractivity (Wildman–Crippen MR) is 119 cm³/mol. The number of ether oxygens (including phenoxy) is 1. The molecule has 3 aliphatic rings. The summed E-state index contributed by atoms with van der Waals surface area (Å²) in [6.07, 6.45) is 1.03. The molecule has 9 heteroatoms. The number of carbonyl (C=O) groups excluding carboxylic acids is 1. The fourth-order valence-electron chi connectivity index (χ4n) is 4.29. The molecule has 6 rings (SSSR count). The molecule has 4 heterocycles. The van der Waals surface area contributed by atoms with Crippen molar-refractivity contribution in [2.75, 3.05) is 24.8 Å². The third kappa shape index (κ3) is 2.78. The minimum absolute atomic E-state index is 0.0685. The molecule has 0 aliphatic carbocycles. The lowest BCUT2D eigenvalue weighted by atomic mass is 10.1. The summed E-state index contributed by atoms with van der Waals surface area (Å²) >= 11 is 1.63. The molecule has 8 nitrogen and oxygen atoms in total. The van der Waals surface area contributed by atoms with Crippen LogP contribution in [0.5, 0.6) is 5.75 Å². The van der Waals surface area contributed by atoms with Crippen LogP contribution in [0.1, 0.15) is 16.1 Å². The van der Waals surface area contributed by atoms with Gasteiger partial charge in [-0.05, 0) is 18.2 Å². The Morgan fingerprint density at radius 3 is 2.69 bits per heavy atom. The van der Waals surface area contributed by atoms with E-state index in [0.29, 0.717) is 19.0 Å². The predicted octanol–water partition coefficient (Wildman–Crippen LogP) is 2.55. The van der Waals surface area contributed by atoms with E-state index in [2.05, 4.69) is 0 Å². The van der Waals surface area contributed by atoms with Crippen molar-refractivity contribution in [2.45, 2.75) is 16.0 Å². The first-order valence-electron chi connectivity index (χ1n) is 10.2. The van der Waals surface area contributed by atoms with Crippen molar-refractivity contribution in [3.8, 4) is 5.75 Å². The highest BCUT2D eigenvalue weighted by molar-refractivity contribution is 7.99. The largest absolute Gasteiger partial charge is 0.502 e. The summed E-state index contributed by atoms with van der Waals surface area (Å²) in [6.45, 7) is 1.01. The number of benzene rings is 2. The van der Waals surface area contributed by atoms with E-state index < -0.39 is 23.3 Å². The Labute approximate surface area is 187 Å². The minimum Gasteiger partial charge on any atom is -0.502 e. The number of carbonyl (C=O) groups is 1. The number of amides is 1. The Balaban J connectivity index is 1.65. The van der Waals surface area contributed by atoms with E-state index in [9.17, 15) is 14.7 Å². The number of aromatic nitrogens is 1. The van der Waals surface area contributed by atoms with Crippen LogP contribution in [-0.4, -0.2) is 52.3 Å². The molecule has 3 aliphatic heterocycles. The Morgan fingerprint density at radius 2 is 1.81 bits per heavy atom. The molecule has 0 radical (unpaired) electrons. The molecule has 2 aromatic carbocycles. The van der Waals surface area contributed by atoms with Crippen molar-refractivity contribution in [1.29, 1.82) is 0 Å². The lowest BCUT2D eigenvalue weighted by molar-refractivity contribution is -0.0112. The smallest absolute Gasteiger partial charge is 0.278 e. The lowest BCUT2D eigenvalue weighted by Gasteiger charge is -2.48. The molecule has 0 saturated carbocycles. The Kier molecular flexibility index (Phi) is 4.34. The number of fused-ring (bicyclic) bond motifs is 4. The molecule has 0 spiro atoms. The Bertz CT molecular complexity index is 1350. The van der Waals surface area contributed by atoms with Crippen molar-refractivity contribution in [3.63, 3.8) is 0 Å². The highest BCUT2D eigenvalue weighted by Gasteiger charge is 2.44. The first kappa shape index (κ1) is 19.1. The fraction of sp³-hybridized carbons (Fsp3) is 0.174. The summed E-state index contributed by atoms with van der Waals surface area (Å²) in [5.41, 5.74) is 1.02. The second-order valence-corrected chi connectivity index (χ2v) is 8.71. The van der Waals surface area contributed by atoms with Gasteiger partial charge in [0.05, 0.1) is 18.9 Å². The minimum atomic E-state index is -0.597. The van der Waals surface area contributed by atoms with Crippen LogP contribution in [0, 0.1) is 0 Å². The molecule has 1 aromatic heterocycles. The summed E-state index contributed by atoms with van der Waals surface area (Å²) in [5.74, 6) is -0.359. The van der Waals surface area contributed by atoms with Crippen LogP contribution < -0.4 is 10.4 Å². The van der Waals surface area contributed by atoms with Gasteiger partial charge in [0.25, 0.3) is 5.91 Å². The van der Waals surface area contributed by atoms with Crippen LogP contribution in [0.15, 0.2) is 80.4 Å². The quantitative estimate of drug-likeness (QED) is 0.571. The van der Waals surface area contributed by atoms with E-state index in [4.69, 9.17) is 9.73 Å². The van der Waals surface area contributed by atoms with Gasteiger partial charge in [-0.25, -0.2) is 14.7 Å². The van der Waals surface area contributed by atoms with Crippen molar-refractivity contribution < 1.29 is 14.6 Å². The number of aromatic hydroxyl groups is 1. The van der Waals surface area contributed by atoms with Gasteiger partial charge in [-0.1, -0.05) is 42.1 Å². The monoisotopic (exact) mass is 446 g/mol. The first-order valence-corrected chi connectivity index (χ1v) is 11.0. The third-order valence-electron chi connectivity index (χ3n) is 5.79. The van der Waals surface area contributed by atoms with Crippen molar-refractivity contribution >= 4 is 29.2 Å². The number of para-hydroxylation sites is 1. The molecule has 1 atom stereocenters. The zero-order chi connectivity index (χ0) is 21.8. The van der Waals surface area contributed by atoms with Crippen LogP contribution >= 0.6 is 11.8 Å². The average Bonchev–Trinajstić information content (AvgIpc) is 2.98. The number of nitrogens with zero attached hydrogens (tertiary/aromatic N) is 4. The van der Waals surface area contributed by atoms with Crippen molar-refractivity contribution in [3.05, 3.63) is 82.3 Å². The van der Waals surface area contributed by atoms with Gasteiger partial charge in [0.2, 0.25) is 5.43 Å². The summed E-state index contributed by atoms with van der Waals surface area (Å²) in [4.78, 5) is 34.1. The van der Waals surface area contributed by atoms with Gasteiger partial charge < -0.3 is 14.7 Å². The SMILES string of the molecule is O=C1c2c(O)c(=O)ccn2N(C2=Nc3ccccc3Sc3ccccc32)C2COCCN12. The number of morpholine rings is 1. The summed E-state index contributed by atoms with van der Waals surface area (Å²) in [5, 5.41) is 12.4. The maximum atomic E-state index is 13.2. The standard InChI is InChI=1S/C23H18N4O4S/c28-16-9-10-26-20(21(16)29)23(30)25-11-12-31-13-19(25)27(26)22-14-5-1-3-7-17(14)32-18-8-4-2-6-15(18)24-22/h1-10,19,29H,11-13H2. The summed E-state index contributed by atoms with van der Waals surface area (Å²) in [6, 6.07) is 17.1. The van der Waals surface area contributed by atoms with Gasteiger partial charge >= 0.3 is 0 Å². The number of pyridine rings is 1. The van der Waals surface area contributed by atoms with E-state index in [-0.39, 0.29) is 12.3 Å². The van der Waals surface area contributed by atoms with Crippen molar-refractivity contribution in [2.24, 2.45) is 4.99 Å². The van der Waals surface area contributed by atoms with Crippen molar-refractivity contribution in [1.82, 2.24) is 9.58 Å². The van der Waals surface area contributed by atoms with E-state index in [1.54, 1.807) is 16.7 Å². The van der Waals surface area contributed by atoms with Gasteiger partial charge in [0.1, 0.15) is 6.17 Å². The number of hydrogen-bond acceptors (Lipinski definition) is 7. The first-order chi connectivity index (χ1) is 15.6. The molecule has 1 unspecified atom stereocenters. The molecule has 0 bridgehead atoms. The Morgan fingerprint density at radius 1 is 1.03 bits per heavy atom. The van der Waals surface area contributed by atoms with Crippen LogP contribution in [0.25, 0.3) is 0 Å². The Hall–Kier alpha value is -3.56. The van der Waals surface area contributed by atoms with Crippen LogP contribution in [0.3, 0.4) is 0 Å². The number of amidine groups is 1. The highest BCUT2D eigenvalue weighted by Crippen LogP contribution is 2.41. The molecule has 3 aromatic rings. The molecule has 1 amide bonds. The van der Waals surface area contributed by atoms with Crippen LogP contribution in [0.2, 0.25) is 0 Å². The maximum absolute atomic E-state index is 13.2. The molecule has 32 heavy (non-hydrogen) atoms. The number of aliphatic imine (C=N–C) groups is 1. The average molecular weight is 446 g/mol. The zero-order valence-electron chi connectivity index (χ0n) is 16.8. The topological polar surface area (TPSA) is 87.4 Å². The van der Waals surface area contributed by atoms with Crippen LogP contribution in [0.4, 0.5) is 5.69 Å². The van der Waals surface area contributed by atoms with Gasteiger partial charge in [0.15, 0.2) is 17.3 Å². The third-order valence-corrected chi connectivity index (χ3v) is 6.93. The second kappa shape index (κ2) is 7.25. The number of rotatable bonds is 0. The van der Waals surface area contributed by atoms with E-state index in [1.165, 1.54) is 16.9 Å². The van der Waals surface area contributed by atoms with Gasteiger partial charge in [-0.3, -0.25) is 9.59 Å².